The number of epoxide rings is 1. The minimum atomic E-state index is -3.54. The Morgan fingerprint density at radius 2 is 1.95 bits per heavy atom. The predicted octanol–water partition coefficient (Wildman–Crippen LogP) is 3.18. The lowest BCUT2D eigenvalue weighted by molar-refractivity contribution is 0.270. The van der Waals surface area contributed by atoms with Crippen molar-refractivity contribution in [2.75, 3.05) is 6.61 Å². The van der Waals surface area contributed by atoms with Gasteiger partial charge in [-0.3, -0.25) is 0 Å². The molecule has 0 aliphatic carbocycles. The summed E-state index contributed by atoms with van der Waals surface area (Å²) in [7, 11) is -3.54. The highest BCUT2D eigenvalue weighted by atomic mass is 32.2. The average Bonchev–Trinajstić information content (AvgIpc) is 3.22. The number of rotatable bonds is 7. The fourth-order valence-electron chi connectivity index (χ4n) is 2.44. The number of hydrogen-bond acceptors (Lipinski definition) is 3. The zero-order chi connectivity index (χ0) is 16.4. The van der Waals surface area contributed by atoms with Crippen LogP contribution in [0.5, 0.6) is 0 Å². The molecule has 1 aromatic carbocycles. The molecule has 1 saturated heterocycles. The molecule has 0 radical (unpaired) electrons. The number of aryl methyl sites for hydroxylation is 1. The smallest absolute Gasteiger partial charge is 0.241 e. The van der Waals surface area contributed by atoms with Gasteiger partial charge in [0.05, 0.1) is 23.1 Å². The highest BCUT2D eigenvalue weighted by Gasteiger charge is 2.45. The minimum absolute atomic E-state index is 0.0433. The molecule has 122 valence electrons. The van der Waals surface area contributed by atoms with Gasteiger partial charge in [-0.05, 0) is 52.7 Å². The lowest BCUT2D eigenvalue weighted by atomic mass is 9.93. The molecule has 22 heavy (non-hydrogen) atoms. The summed E-state index contributed by atoms with van der Waals surface area (Å²) in [4.78, 5) is 0.298. The van der Waals surface area contributed by atoms with E-state index in [4.69, 9.17) is 4.74 Å². The van der Waals surface area contributed by atoms with Crippen LogP contribution in [0, 0.1) is 6.92 Å². The van der Waals surface area contributed by atoms with Crippen molar-refractivity contribution in [2.45, 2.75) is 57.1 Å². The van der Waals surface area contributed by atoms with Crippen LogP contribution in [-0.4, -0.2) is 26.7 Å². The van der Waals surface area contributed by atoms with Gasteiger partial charge in [-0.1, -0.05) is 29.3 Å². The molecule has 0 amide bonds. The van der Waals surface area contributed by atoms with Crippen LogP contribution in [0.1, 0.15) is 39.2 Å². The van der Waals surface area contributed by atoms with Crippen molar-refractivity contribution < 1.29 is 13.2 Å². The lowest BCUT2D eigenvalue weighted by Crippen LogP contribution is -2.50. The summed E-state index contributed by atoms with van der Waals surface area (Å²) in [6.07, 6.45) is 3.63. The number of nitrogens with one attached hydrogen (secondary N) is 1. The quantitative estimate of drug-likeness (QED) is 0.619. The first-order valence-electron chi connectivity index (χ1n) is 7.58. The van der Waals surface area contributed by atoms with Gasteiger partial charge in [-0.25, -0.2) is 13.1 Å². The van der Waals surface area contributed by atoms with Crippen molar-refractivity contribution in [3.63, 3.8) is 0 Å². The summed E-state index contributed by atoms with van der Waals surface area (Å²) in [5.41, 5.74) is 1.70. The molecule has 2 atom stereocenters. The first-order chi connectivity index (χ1) is 10.2. The third-order valence-corrected chi connectivity index (χ3v) is 5.59. The Kier molecular flexibility index (Phi) is 5.10. The Morgan fingerprint density at radius 1 is 1.36 bits per heavy atom. The lowest BCUT2D eigenvalue weighted by Gasteiger charge is -2.28. The van der Waals surface area contributed by atoms with Crippen LogP contribution in [0.15, 0.2) is 40.8 Å². The van der Waals surface area contributed by atoms with Gasteiger partial charge in [0.2, 0.25) is 10.0 Å². The molecule has 1 fully saturated rings. The molecule has 0 bridgehead atoms. The second kappa shape index (κ2) is 6.52. The molecule has 0 unspecified atom stereocenters. The van der Waals surface area contributed by atoms with E-state index in [1.807, 2.05) is 39.8 Å². The molecule has 0 spiro atoms. The second-order valence-corrected chi connectivity index (χ2v) is 8.16. The molecule has 0 aromatic heterocycles. The van der Waals surface area contributed by atoms with E-state index in [0.29, 0.717) is 17.9 Å². The van der Waals surface area contributed by atoms with Crippen LogP contribution in [0.25, 0.3) is 0 Å². The van der Waals surface area contributed by atoms with Gasteiger partial charge in [-0.15, -0.1) is 0 Å². The highest BCUT2D eigenvalue weighted by molar-refractivity contribution is 7.89. The molecular formula is C17H25NO3S. The van der Waals surface area contributed by atoms with E-state index in [9.17, 15) is 8.42 Å². The average molecular weight is 323 g/mol. The zero-order valence-corrected chi connectivity index (χ0v) is 14.5. The van der Waals surface area contributed by atoms with Crippen molar-refractivity contribution in [2.24, 2.45) is 0 Å². The monoisotopic (exact) mass is 323 g/mol. The van der Waals surface area contributed by atoms with Crippen LogP contribution in [-0.2, 0) is 14.8 Å². The fourth-order valence-corrected chi connectivity index (χ4v) is 3.90. The number of benzene rings is 1. The van der Waals surface area contributed by atoms with E-state index < -0.39 is 15.6 Å². The van der Waals surface area contributed by atoms with Crippen LogP contribution < -0.4 is 4.72 Å². The van der Waals surface area contributed by atoms with E-state index in [-0.39, 0.29) is 6.10 Å². The van der Waals surface area contributed by atoms with Crippen molar-refractivity contribution >= 4 is 10.0 Å². The molecule has 1 aliphatic rings. The molecular weight excluding hydrogens is 298 g/mol. The maximum absolute atomic E-state index is 12.6. The first kappa shape index (κ1) is 17.2. The summed E-state index contributed by atoms with van der Waals surface area (Å²) in [6, 6.07) is 6.90. The normalized spacial score (nSPS) is 20.3. The summed E-state index contributed by atoms with van der Waals surface area (Å²) >= 11 is 0. The van der Waals surface area contributed by atoms with Gasteiger partial charge >= 0.3 is 0 Å². The minimum Gasteiger partial charge on any atom is -0.371 e. The Morgan fingerprint density at radius 3 is 2.45 bits per heavy atom. The molecule has 5 heteroatoms. The standard InChI is InChI=1S/C17H25NO3S/c1-13(2)6-5-11-17(4,16-12-21-16)18-22(19,20)15-9-7-14(3)8-10-15/h6-10,16,18H,5,11-12H2,1-4H3/t16-,17-/m0/s1. The van der Waals surface area contributed by atoms with Crippen molar-refractivity contribution in [3.05, 3.63) is 41.5 Å². The van der Waals surface area contributed by atoms with Gasteiger partial charge in [0, 0.05) is 0 Å². The number of allylic oxidation sites excluding steroid dienone is 2. The summed E-state index contributed by atoms with van der Waals surface area (Å²) < 4.78 is 33.5. The maximum Gasteiger partial charge on any atom is 0.241 e. The van der Waals surface area contributed by atoms with E-state index >= 15 is 0 Å². The first-order valence-corrected chi connectivity index (χ1v) is 9.07. The number of ether oxygens (including phenoxy) is 1. The number of sulfonamides is 1. The molecule has 1 aromatic rings. The Bertz CT molecular complexity index is 641. The Balaban J connectivity index is 2.16. The van der Waals surface area contributed by atoms with E-state index in [0.717, 1.165) is 12.0 Å². The van der Waals surface area contributed by atoms with Crippen LogP contribution in [0.2, 0.25) is 0 Å². The highest BCUT2D eigenvalue weighted by Crippen LogP contribution is 2.31. The summed E-state index contributed by atoms with van der Waals surface area (Å²) in [6.45, 7) is 8.56. The van der Waals surface area contributed by atoms with Gasteiger partial charge < -0.3 is 4.74 Å². The Hall–Kier alpha value is -1.17. The largest absolute Gasteiger partial charge is 0.371 e. The van der Waals surface area contributed by atoms with Gasteiger partial charge in [-0.2, -0.15) is 0 Å². The third-order valence-electron chi connectivity index (χ3n) is 3.96. The molecule has 0 saturated carbocycles. The molecule has 1 N–H and O–H groups in total. The second-order valence-electron chi connectivity index (χ2n) is 6.48. The van der Waals surface area contributed by atoms with Crippen molar-refractivity contribution in [3.8, 4) is 0 Å². The van der Waals surface area contributed by atoms with Crippen molar-refractivity contribution in [1.29, 1.82) is 0 Å². The van der Waals surface area contributed by atoms with Gasteiger partial charge in [0.15, 0.2) is 0 Å². The van der Waals surface area contributed by atoms with E-state index in [1.54, 1.807) is 12.1 Å². The van der Waals surface area contributed by atoms with Crippen LogP contribution in [0.4, 0.5) is 0 Å². The van der Waals surface area contributed by atoms with Gasteiger partial charge in [0.25, 0.3) is 0 Å². The Labute approximate surface area is 133 Å². The summed E-state index contributed by atoms with van der Waals surface area (Å²) in [5.74, 6) is 0. The molecule has 4 nitrogen and oxygen atoms in total. The number of hydrogen-bond donors (Lipinski definition) is 1. The third kappa shape index (κ3) is 4.41. The molecule has 1 heterocycles. The zero-order valence-electron chi connectivity index (χ0n) is 13.7. The molecule has 1 aliphatic heterocycles. The van der Waals surface area contributed by atoms with Gasteiger partial charge in [0.1, 0.15) is 0 Å². The predicted molar refractivity (Wildman–Crippen MR) is 88.3 cm³/mol. The van der Waals surface area contributed by atoms with Crippen LogP contribution >= 0.6 is 0 Å². The SMILES string of the molecule is CC(C)=CCC[C@](C)(NS(=O)(=O)c1ccc(C)cc1)[C@@H]1CO1. The van der Waals surface area contributed by atoms with Crippen molar-refractivity contribution in [1.82, 2.24) is 4.72 Å². The van der Waals surface area contributed by atoms with E-state index in [2.05, 4.69) is 10.8 Å². The fraction of sp³-hybridized carbons (Fsp3) is 0.529. The topological polar surface area (TPSA) is 58.7 Å². The molecule has 2 rings (SSSR count). The van der Waals surface area contributed by atoms with Crippen LogP contribution in [0.3, 0.4) is 0 Å². The summed E-state index contributed by atoms with van der Waals surface area (Å²) in [5, 5.41) is 0. The maximum atomic E-state index is 12.6. The van der Waals surface area contributed by atoms with E-state index in [1.165, 1.54) is 5.57 Å².